The van der Waals surface area contributed by atoms with Gasteiger partial charge in [-0.1, -0.05) is 0 Å². The SMILES string of the molecule is Ic1ccc(OC[C@H]2CCCN2)cn1. The molecule has 14 heavy (non-hydrogen) atoms. The minimum atomic E-state index is 0.522. The molecule has 2 heterocycles. The lowest BCUT2D eigenvalue weighted by atomic mass is 10.2. The molecule has 1 saturated heterocycles. The third kappa shape index (κ3) is 2.81. The Labute approximate surface area is 97.4 Å². The molecule has 1 N–H and O–H groups in total. The maximum atomic E-state index is 5.62. The number of nitrogens with zero attached hydrogens (tertiary/aromatic N) is 1. The van der Waals surface area contributed by atoms with Crippen LogP contribution in [0.1, 0.15) is 12.8 Å². The molecule has 1 atom stereocenters. The standard InChI is InChI=1S/C10H13IN2O/c11-10-4-3-9(6-13-10)14-7-8-2-1-5-12-8/h3-4,6,8,12H,1-2,5,7H2/t8-/m1/s1. The molecule has 0 aromatic carbocycles. The molecule has 0 aliphatic carbocycles. The molecule has 3 nitrogen and oxygen atoms in total. The number of aromatic nitrogens is 1. The predicted molar refractivity (Wildman–Crippen MR) is 63.5 cm³/mol. The predicted octanol–water partition coefficient (Wildman–Crippen LogP) is 1.82. The van der Waals surface area contributed by atoms with Crippen LogP contribution in [0.25, 0.3) is 0 Å². The summed E-state index contributed by atoms with van der Waals surface area (Å²) in [5.41, 5.74) is 0. The van der Waals surface area contributed by atoms with Gasteiger partial charge in [-0.25, -0.2) is 4.98 Å². The van der Waals surface area contributed by atoms with E-state index in [1.165, 1.54) is 12.8 Å². The summed E-state index contributed by atoms with van der Waals surface area (Å²) in [5, 5.41) is 3.39. The van der Waals surface area contributed by atoms with E-state index in [4.69, 9.17) is 4.74 Å². The molecule has 0 spiro atoms. The van der Waals surface area contributed by atoms with Gasteiger partial charge in [0.05, 0.1) is 6.20 Å². The molecular formula is C10H13IN2O. The number of ether oxygens (including phenoxy) is 1. The molecule has 1 fully saturated rings. The lowest BCUT2D eigenvalue weighted by Gasteiger charge is -2.11. The Hall–Kier alpha value is -0.360. The summed E-state index contributed by atoms with van der Waals surface area (Å²) in [5.74, 6) is 0.860. The van der Waals surface area contributed by atoms with Gasteiger partial charge in [0.15, 0.2) is 0 Å². The number of rotatable bonds is 3. The fraction of sp³-hybridized carbons (Fsp3) is 0.500. The van der Waals surface area contributed by atoms with E-state index in [1.54, 1.807) is 6.20 Å². The highest BCUT2D eigenvalue weighted by Gasteiger charge is 2.14. The zero-order chi connectivity index (χ0) is 9.80. The number of hydrogen-bond donors (Lipinski definition) is 1. The highest BCUT2D eigenvalue weighted by atomic mass is 127. The van der Waals surface area contributed by atoms with E-state index in [0.29, 0.717) is 6.04 Å². The van der Waals surface area contributed by atoms with E-state index in [9.17, 15) is 0 Å². The average Bonchev–Trinajstić information content (AvgIpc) is 2.70. The molecule has 76 valence electrons. The van der Waals surface area contributed by atoms with Crippen LogP contribution in [0.2, 0.25) is 0 Å². The van der Waals surface area contributed by atoms with Crippen molar-refractivity contribution in [2.45, 2.75) is 18.9 Å². The molecule has 0 radical (unpaired) electrons. The van der Waals surface area contributed by atoms with Crippen LogP contribution in [-0.2, 0) is 0 Å². The third-order valence-corrected chi connectivity index (χ3v) is 2.95. The Morgan fingerprint density at radius 3 is 3.14 bits per heavy atom. The van der Waals surface area contributed by atoms with Crippen LogP contribution in [0.5, 0.6) is 5.75 Å². The highest BCUT2D eigenvalue weighted by Crippen LogP contribution is 2.12. The minimum Gasteiger partial charge on any atom is -0.490 e. The lowest BCUT2D eigenvalue weighted by molar-refractivity contribution is 0.276. The van der Waals surface area contributed by atoms with Gasteiger partial charge < -0.3 is 10.1 Å². The molecule has 1 aromatic rings. The second-order valence-corrected chi connectivity index (χ2v) is 4.53. The Kier molecular flexibility index (Phi) is 3.58. The van der Waals surface area contributed by atoms with Crippen molar-refractivity contribution in [1.29, 1.82) is 0 Å². The van der Waals surface area contributed by atoms with Gasteiger partial charge in [0.1, 0.15) is 16.1 Å². The molecule has 0 unspecified atom stereocenters. The first-order valence-corrected chi connectivity index (χ1v) is 5.90. The second kappa shape index (κ2) is 4.93. The van der Waals surface area contributed by atoms with Crippen molar-refractivity contribution in [3.8, 4) is 5.75 Å². The Morgan fingerprint density at radius 1 is 1.57 bits per heavy atom. The van der Waals surface area contributed by atoms with Crippen LogP contribution >= 0.6 is 22.6 Å². The van der Waals surface area contributed by atoms with Crippen molar-refractivity contribution in [3.63, 3.8) is 0 Å². The molecular weight excluding hydrogens is 291 g/mol. The van der Waals surface area contributed by atoms with Gasteiger partial charge in [-0.2, -0.15) is 0 Å². The third-order valence-electron chi connectivity index (χ3n) is 2.31. The van der Waals surface area contributed by atoms with E-state index in [0.717, 1.165) is 22.6 Å². The van der Waals surface area contributed by atoms with Crippen molar-refractivity contribution in [2.75, 3.05) is 13.2 Å². The number of pyridine rings is 1. The largest absolute Gasteiger partial charge is 0.490 e. The minimum absolute atomic E-state index is 0.522. The fourth-order valence-electron chi connectivity index (χ4n) is 1.54. The van der Waals surface area contributed by atoms with Crippen LogP contribution < -0.4 is 10.1 Å². The normalized spacial score (nSPS) is 21.1. The summed E-state index contributed by atoms with van der Waals surface area (Å²) in [4.78, 5) is 4.17. The molecule has 0 amide bonds. The Bertz CT molecular complexity index is 283. The first kappa shape index (κ1) is 10.2. The smallest absolute Gasteiger partial charge is 0.137 e. The first-order valence-electron chi connectivity index (χ1n) is 4.82. The van der Waals surface area contributed by atoms with Crippen LogP contribution in [0.15, 0.2) is 18.3 Å². The van der Waals surface area contributed by atoms with Gasteiger partial charge in [0.25, 0.3) is 0 Å². The fourth-order valence-corrected chi connectivity index (χ4v) is 1.86. The quantitative estimate of drug-likeness (QED) is 0.683. The number of nitrogens with one attached hydrogen (secondary N) is 1. The topological polar surface area (TPSA) is 34.1 Å². The average molecular weight is 304 g/mol. The molecule has 0 saturated carbocycles. The van der Waals surface area contributed by atoms with Gasteiger partial charge in [-0.15, -0.1) is 0 Å². The van der Waals surface area contributed by atoms with Gasteiger partial charge in [0, 0.05) is 6.04 Å². The van der Waals surface area contributed by atoms with Gasteiger partial charge >= 0.3 is 0 Å². The summed E-state index contributed by atoms with van der Waals surface area (Å²) in [6, 6.07) is 4.44. The summed E-state index contributed by atoms with van der Waals surface area (Å²) in [6.45, 7) is 1.88. The zero-order valence-corrected chi connectivity index (χ0v) is 10.0. The number of hydrogen-bond acceptors (Lipinski definition) is 3. The molecule has 1 aromatic heterocycles. The molecule has 0 bridgehead atoms. The van der Waals surface area contributed by atoms with Crippen molar-refractivity contribution in [2.24, 2.45) is 0 Å². The van der Waals surface area contributed by atoms with Crippen LogP contribution in [0.3, 0.4) is 0 Å². The van der Waals surface area contributed by atoms with Gasteiger partial charge in [-0.3, -0.25) is 0 Å². The summed E-state index contributed by atoms with van der Waals surface area (Å²) < 4.78 is 6.61. The van der Waals surface area contributed by atoms with E-state index in [1.807, 2.05) is 12.1 Å². The maximum Gasteiger partial charge on any atom is 0.137 e. The van der Waals surface area contributed by atoms with Crippen molar-refractivity contribution >= 4 is 22.6 Å². The summed E-state index contributed by atoms with van der Waals surface area (Å²) in [6.07, 6.45) is 4.26. The Morgan fingerprint density at radius 2 is 2.50 bits per heavy atom. The molecule has 1 aliphatic rings. The van der Waals surface area contributed by atoms with E-state index >= 15 is 0 Å². The van der Waals surface area contributed by atoms with Gasteiger partial charge in [0.2, 0.25) is 0 Å². The molecule has 4 heteroatoms. The summed E-state index contributed by atoms with van der Waals surface area (Å²) in [7, 11) is 0. The zero-order valence-electron chi connectivity index (χ0n) is 7.87. The maximum absolute atomic E-state index is 5.62. The van der Waals surface area contributed by atoms with Crippen molar-refractivity contribution in [3.05, 3.63) is 22.0 Å². The van der Waals surface area contributed by atoms with Crippen molar-refractivity contribution in [1.82, 2.24) is 10.3 Å². The van der Waals surface area contributed by atoms with Gasteiger partial charge in [-0.05, 0) is 54.1 Å². The Balaban J connectivity index is 1.82. The second-order valence-electron chi connectivity index (χ2n) is 3.42. The van der Waals surface area contributed by atoms with E-state index in [2.05, 4.69) is 32.9 Å². The van der Waals surface area contributed by atoms with Crippen molar-refractivity contribution < 1.29 is 4.74 Å². The van der Waals surface area contributed by atoms with Crippen LogP contribution in [0, 0.1) is 3.70 Å². The molecule has 2 rings (SSSR count). The van der Waals surface area contributed by atoms with E-state index < -0.39 is 0 Å². The van der Waals surface area contributed by atoms with Crippen LogP contribution in [0.4, 0.5) is 0 Å². The summed E-state index contributed by atoms with van der Waals surface area (Å²) >= 11 is 2.18. The van der Waals surface area contributed by atoms with Crippen LogP contribution in [-0.4, -0.2) is 24.2 Å². The monoisotopic (exact) mass is 304 g/mol. The lowest BCUT2D eigenvalue weighted by Crippen LogP contribution is -2.28. The van der Waals surface area contributed by atoms with E-state index in [-0.39, 0.29) is 0 Å². The highest BCUT2D eigenvalue weighted by molar-refractivity contribution is 14.1. The molecule has 1 aliphatic heterocycles. The number of halogens is 1. The first-order chi connectivity index (χ1) is 6.84.